The molecule has 0 spiro atoms. The maximum absolute atomic E-state index is 10.7. The molecule has 48 valence electrons. The van der Waals surface area contributed by atoms with Crippen molar-refractivity contribution in [2.75, 3.05) is 7.05 Å². The standard InChI is InChI=1S/C4H5N3OS/c1-5-4(8)3-2-6-7-9-3/h2H,1H3,(H,5,8). The summed E-state index contributed by atoms with van der Waals surface area (Å²) in [7, 11) is 1.57. The lowest BCUT2D eigenvalue weighted by Gasteiger charge is -1.88. The molecule has 0 unspecified atom stereocenters. The minimum absolute atomic E-state index is 0.134. The zero-order valence-electron chi connectivity index (χ0n) is 4.79. The van der Waals surface area contributed by atoms with Crippen LogP contribution in [0.5, 0.6) is 0 Å². The molecule has 0 saturated heterocycles. The van der Waals surface area contributed by atoms with Crippen molar-refractivity contribution in [3.05, 3.63) is 11.1 Å². The highest BCUT2D eigenvalue weighted by molar-refractivity contribution is 7.07. The van der Waals surface area contributed by atoms with Gasteiger partial charge in [0.2, 0.25) is 0 Å². The van der Waals surface area contributed by atoms with Gasteiger partial charge in [-0.05, 0) is 11.5 Å². The van der Waals surface area contributed by atoms with Crippen molar-refractivity contribution in [3.8, 4) is 0 Å². The zero-order valence-corrected chi connectivity index (χ0v) is 5.60. The topological polar surface area (TPSA) is 54.9 Å². The second-order valence-electron chi connectivity index (χ2n) is 1.36. The molecular weight excluding hydrogens is 138 g/mol. The highest BCUT2D eigenvalue weighted by atomic mass is 32.1. The molecule has 0 bridgehead atoms. The second-order valence-corrected chi connectivity index (χ2v) is 2.15. The SMILES string of the molecule is CNC(=O)c1cnns1. The summed E-state index contributed by atoms with van der Waals surface area (Å²) >= 11 is 1.08. The lowest BCUT2D eigenvalue weighted by molar-refractivity contribution is 0.0967. The third-order valence-electron chi connectivity index (χ3n) is 0.812. The third-order valence-corrected chi connectivity index (χ3v) is 1.48. The van der Waals surface area contributed by atoms with Crippen LogP contribution in [0.1, 0.15) is 9.67 Å². The average Bonchev–Trinajstić information content (AvgIpc) is 2.37. The molecule has 1 aromatic rings. The van der Waals surface area contributed by atoms with Crippen molar-refractivity contribution in [1.82, 2.24) is 14.9 Å². The number of aromatic nitrogens is 2. The number of nitrogens with zero attached hydrogens (tertiary/aromatic N) is 2. The minimum atomic E-state index is -0.134. The van der Waals surface area contributed by atoms with E-state index in [0.717, 1.165) is 11.5 Å². The van der Waals surface area contributed by atoms with Gasteiger partial charge in [-0.2, -0.15) is 0 Å². The summed E-state index contributed by atoms with van der Waals surface area (Å²) in [6.07, 6.45) is 1.43. The molecule has 1 rings (SSSR count). The van der Waals surface area contributed by atoms with Crippen LogP contribution in [0, 0.1) is 0 Å². The predicted molar refractivity (Wildman–Crippen MR) is 33.3 cm³/mol. The Bertz CT molecular complexity index is 196. The van der Waals surface area contributed by atoms with E-state index in [1.165, 1.54) is 6.20 Å². The van der Waals surface area contributed by atoms with E-state index in [2.05, 4.69) is 14.9 Å². The van der Waals surface area contributed by atoms with E-state index >= 15 is 0 Å². The van der Waals surface area contributed by atoms with Crippen LogP contribution in [0.15, 0.2) is 6.20 Å². The number of hydrogen-bond acceptors (Lipinski definition) is 4. The van der Waals surface area contributed by atoms with Crippen molar-refractivity contribution in [2.24, 2.45) is 0 Å². The van der Waals surface area contributed by atoms with Crippen LogP contribution in [-0.4, -0.2) is 22.5 Å². The second kappa shape index (κ2) is 2.54. The molecule has 1 heterocycles. The Labute approximate surface area is 56.1 Å². The van der Waals surface area contributed by atoms with Crippen LogP contribution in [-0.2, 0) is 0 Å². The molecule has 1 amide bonds. The first kappa shape index (κ1) is 6.15. The summed E-state index contributed by atoms with van der Waals surface area (Å²) in [6, 6.07) is 0. The van der Waals surface area contributed by atoms with Crippen molar-refractivity contribution >= 4 is 17.4 Å². The molecule has 0 aromatic carbocycles. The molecular formula is C4H5N3OS. The lowest BCUT2D eigenvalue weighted by atomic mass is 10.5. The molecule has 0 aliphatic heterocycles. The number of nitrogens with one attached hydrogen (secondary N) is 1. The summed E-state index contributed by atoms with van der Waals surface area (Å²) in [5.41, 5.74) is 0. The third kappa shape index (κ3) is 1.23. The van der Waals surface area contributed by atoms with Crippen LogP contribution < -0.4 is 5.32 Å². The van der Waals surface area contributed by atoms with Gasteiger partial charge in [-0.1, -0.05) is 4.49 Å². The Kier molecular flexibility index (Phi) is 1.74. The van der Waals surface area contributed by atoms with E-state index in [4.69, 9.17) is 0 Å². The molecule has 4 nitrogen and oxygen atoms in total. The van der Waals surface area contributed by atoms with Gasteiger partial charge in [-0.15, -0.1) is 5.10 Å². The highest BCUT2D eigenvalue weighted by Crippen LogP contribution is 1.99. The zero-order chi connectivity index (χ0) is 6.69. The number of hydrogen-bond donors (Lipinski definition) is 1. The minimum Gasteiger partial charge on any atom is -0.354 e. The van der Waals surface area contributed by atoms with Crippen LogP contribution >= 0.6 is 11.5 Å². The van der Waals surface area contributed by atoms with Gasteiger partial charge in [-0.25, -0.2) is 0 Å². The largest absolute Gasteiger partial charge is 0.354 e. The van der Waals surface area contributed by atoms with Crippen LogP contribution in [0.2, 0.25) is 0 Å². The van der Waals surface area contributed by atoms with Gasteiger partial charge >= 0.3 is 0 Å². The van der Waals surface area contributed by atoms with Crippen LogP contribution in [0.4, 0.5) is 0 Å². The van der Waals surface area contributed by atoms with E-state index in [1.807, 2.05) is 0 Å². The molecule has 1 aromatic heterocycles. The lowest BCUT2D eigenvalue weighted by Crippen LogP contribution is -2.16. The predicted octanol–water partition coefficient (Wildman–Crippen LogP) is -0.102. The van der Waals surface area contributed by atoms with Gasteiger partial charge in [0.15, 0.2) is 0 Å². The van der Waals surface area contributed by atoms with E-state index < -0.39 is 0 Å². The molecule has 1 N–H and O–H groups in total. The summed E-state index contributed by atoms with van der Waals surface area (Å²) in [4.78, 5) is 11.2. The van der Waals surface area contributed by atoms with E-state index in [1.54, 1.807) is 7.05 Å². The number of amides is 1. The first-order chi connectivity index (χ1) is 4.34. The molecule has 0 fully saturated rings. The normalized spacial score (nSPS) is 9.00. The van der Waals surface area contributed by atoms with E-state index in [9.17, 15) is 4.79 Å². The van der Waals surface area contributed by atoms with Gasteiger partial charge in [0.05, 0.1) is 6.20 Å². The van der Waals surface area contributed by atoms with Crippen molar-refractivity contribution in [3.63, 3.8) is 0 Å². The fourth-order valence-electron chi connectivity index (χ4n) is 0.390. The first-order valence-corrected chi connectivity index (χ1v) is 3.11. The molecule has 0 aliphatic rings. The van der Waals surface area contributed by atoms with Crippen molar-refractivity contribution in [2.45, 2.75) is 0 Å². The summed E-state index contributed by atoms with van der Waals surface area (Å²) in [5, 5.41) is 5.96. The number of rotatable bonds is 1. The molecule has 0 radical (unpaired) electrons. The van der Waals surface area contributed by atoms with Crippen LogP contribution in [0.25, 0.3) is 0 Å². The molecule has 0 atom stereocenters. The van der Waals surface area contributed by atoms with Gasteiger partial charge in [0.1, 0.15) is 4.88 Å². The Morgan fingerprint density at radius 2 is 2.67 bits per heavy atom. The van der Waals surface area contributed by atoms with Gasteiger partial charge < -0.3 is 5.32 Å². The quantitative estimate of drug-likeness (QED) is 0.597. The average molecular weight is 143 g/mol. The van der Waals surface area contributed by atoms with Crippen molar-refractivity contribution < 1.29 is 4.79 Å². The first-order valence-electron chi connectivity index (χ1n) is 2.34. The van der Waals surface area contributed by atoms with E-state index in [0.29, 0.717) is 4.88 Å². The van der Waals surface area contributed by atoms with Gasteiger partial charge in [-0.3, -0.25) is 4.79 Å². The highest BCUT2D eigenvalue weighted by Gasteiger charge is 2.03. The maximum Gasteiger partial charge on any atom is 0.264 e. The summed E-state index contributed by atoms with van der Waals surface area (Å²) < 4.78 is 3.52. The Hall–Kier alpha value is -0.970. The molecule has 0 saturated carbocycles. The Morgan fingerprint density at radius 3 is 3.11 bits per heavy atom. The molecule has 9 heavy (non-hydrogen) atoms. The molecule has 5 heteroatoms. The summed E-state index contributed by atoms with van der Waals surface area (Å²) in [6.45, 7) is 0. The monoisotopic (exact) mass is 143 g/mol. The molecule has 0 aliphatic carbocycles. The van der Waals surface area contributed by atoms with Gasteiger partial charge in [0, 0.05) is 7.05 Å². The van der Waals surface area contributed by atoms with Gasteiger partial charge in [0.25, 0.3) is 5.91 Å². The van der Waals surface area contributed by atoms with Crippen molar-refractivity contribution in [1.29, 1.82) is 0 Å². The number of carbonyl (C=O) groups excluding carboxylic acids is 1. The van der Waals surface area contributed by atoms with E-state index in [-0.39, 0.29) is 5.91 Å². The fraction of sp³-hybridized carbons (Fsp3) is 0.250. The fourth-order valence-corrected chi connectivity index (χ4v) is 0.852. The number of carbonyl (C=O) groups is 1. The Balaban J connectivity index is 2.77. The Morgan fingerprint density at radius 1 is 1.89 bits per heavy atom. The maximum atomic E-state index is 10.7. The summed E-state index contributed by atoms with van der Waals surface area (Å²) in [5.74, 6) is -0.134. The smallest absolute Gasteiger partial charge is 0.264 e. The van der Waals surface area contributed by atoms with Crippen LogP contribution in [0.3, 0.4) is 0 Å².